The topological polar surface area (TPSA) is 103 Å². The summed E-state index contributed by atoms with van der Waals surface area (Å²) >= 11 is 0. The summed E-state index contributed by atoms with van der Waals surface area (Å²) in [5.74, 6) is 1.26. The highest BCUT2D eigenvalue weighted by Gasteiger charge is 2.23. The summed E-state index contributed by atoms with van der Waals surface area (Å²) in [4.78, 5) is 23.8. The van der Waals surface area contributed by atoms with Crippen LogP contribution in [-0.4, -0.2) is 62.3 Å². The van der Waals surface area contributed by atoms with E-state index in [1.807, 2.05) is 19.2 Å². The van der Waals surface area contributed by atoms with E-state index in [4.69, 9.17) is 4.74 Å². The van der Waals surface area contributed by atoms with Crippen molar-refractivity contribution in [2.24, 2.45) is 5.92 Å². The highest BCUT2D eigenvalue weighted by molar-refractivity contribution is 5.51. The molecule has 3 aromatic heterocycles. The van der Waals surface area contributed by atoms with Crippen LogP contribution < -0.4 is 20.5 Å². The van der Waals surface area contributed by atoms with Gasteiger partial charge < -0.3 is 15.0 Å². The Labute approximate surface area is 199 Å². The number of hydrogen-bond donors (Lipinski definition) is 1. The number of hydrogen-bond acceptors (Lipinski definition) is 8. The zero-order valence-electron chi connectivity index (χ0n) is 19.8. The molecule has 5 rings (SSSR count). The van der Waals surface area contributed by atoms with Crippen molar-refractivity contribution in [1.82, 2.24) is 34.8 Å². The molecular formula is C24H32N8O2. The Morgan fingerprint density at radius 2 is 2.09 bits per heavy atom. The van der Waals surface area contributed by atoms with E-state index >= 15 is 0 Å². The van der Waals surface area contributed by atoms with Gasteiger partial charge in [0.25, 0.3) is 5.56 Å². The minimum atomic E-state index is -0.334. The number of nitrogens with one attached hydrogen (secondary N) is 1. The molecule has 1 saturated carbocycles. The van der Waals surface area contributed by atoms with Gasteiger partial charge in [0.05, 0.1) is 25.7 Å². The van der Waals surface area contributed by atoms with Crippen LogP contribution in [0.3, 0.4) is 0 Å². The smallest absolute Gasteiger partial charge is 0.254 e. The highest BCUT2D eigenvalue weighted by Crippen LogP contribution is 2.26. The van der Waals surface area contributed by atoms with Crippen LogP contribution in [0.15, 0.2) is 41.7 Å². The van der Waals surface area contributed by atoms with Crippen molar-refractivity contribution in [1.29, 1.82) is 0 Å². The Balaban J connectivity index is 1.27. The molecule has 2 atom stereocenters. The van der Waals surface area contributed by atoms with E-state index in [1.54, 1.807) is 34.8 Å². The molecule has 1 aliphatic heterocycles. The molecule has 1 aliphatic carbocycles. The second kappa shape index (κ2) is 9.92. The minimum absolute atomic E-state index is 0.0622. The van der Waals surface area contributed by atoms with E-state index in [9.17, 15) is 4.79 Å². The van der Waals surface area contributed by atoms with Gasteiger partial charge in [0.15, 0.2) is 0 Å². The third kappa shape index (κ3) is 4.82. The van der Waals surface area contributed by atoms with Crippen LogP contribution in [-0.2, 0) is 0 Å². The lowest BCUT2D eigenvalue weighted by atomic mass is 9.85. The molecule has 0 aromatic carbocycles. The number of piperidine rings is 1. The summed E-state index contributed by atoms with van der Waals surface area (Å²) in [6.45, 7) is 4.96. The maximum Gasteiger partial charge on any atom is 0.254 e. The molecule has 34 heavy (non-hydrogen) atoms. The van der Waals surface area contributed by atoms with E-state index in [2.05, 4.69) is 30.5 Å². The predicted octanol–water partition coefficient (Wildman–Crippen LogP) is 2.33. The first kappa shape index (κ1) is 22.5. The van der Waals surface area contributed by atoms with Gasteiger partial charge in [0, 0.05) is 37.1 Å². The van der Waals surface area contributed by atoms with Crippen molar-refractivity contribution in [3.63, 3.8) is 0 Å². The molecule has 1 N–H and O–H groups in total. The van der Waals surface area contributed by atoms with E-state index in [-0.39, 0.29) is 11.7 Å². The van der Waals surface area contributed by atoms with Gasteiger partial charge in [-0.2, -0.15) is 0 Å². The summed E-state index contributed by atoms with van der Waals surface area (Å²) in [6.07, 6.45) is 12.9. The van der Waals surface area contributed by atoms with Crippen LogP contribution in [0.25, 0.3) is 11.4 Å². The van der Waals surface area contributed by atoms with Crippen LogP contribution >= 0.6 is 0 Å². The van der Waals surface area contributed by atoms with Gasteiger partial charge in [-0.25, -0.2) is 9.67 Å². The summed E-state index contributed by atoms with van der Waals surface area (Å²) in [6, 6.07) is 4.25. The summed E-state index contributed by atoms with van der Waals surface area (Å²) in [5, 5.41) is 12.2. The van der Waals surface area contributed by atoms with Crippen molar-refractivity contribution in [2.75, 3.05) is 31.6 Å². The Morgan fingerprint density at radius 3 is 2.85 bits per heavy atom. The SMILES string of the molecule is COc1cncc(-c2cn(C(C)n3ccc(N4CCC[C@@H](NCC5CCC5)C4)cc3=O)nn2)n1. The van der Waals surface area contributed by atoms with Crippen molar-refractivity contribution in [3.05, 3.63) is 47.3 Å². The molecule has 2 fully saturated rings. The minimum Gasteiger partial charge on any atom is -0.480 e. The molecule has 0 bridgehead atoms. The summed E-state index contributed by atoms with van der Waals surface area (Å²) < 4.78 is 8.45. The second-order valence-electron chi connectivity index (χ2n) is 9.28. The number of pyridine rings is 1. The molecule has 0 spiro atoms. The predicted molar refractivity (Wildman–Crippen MR) is 129 cm³/mol. The van der Waals surface area contributed by atoms with Gasteiger partial charge in [-0.3, -0.25) is 14.3 Å². The van der Waals surface area contributed by atoms with E-state index in [0.29, 0.717) is 23.3 Å². The third-order valence-electron chi connectivity index (χ3n) is 7.02. The quantitative estimate of drug-likeness (QED) is 0.542. The molecule has 10 heteroatoms. The van der Waals surface area contributed by atoms with Gasteiger partial charge in [0.1, 0.15) is 17.6 Å². The molecule has 4 heterocycles. The first-order valence-corrected chi connectivity index (χ1v) is 12.1. The van der Waals surface area contributed by atoms with Gasteiger partial charge >= 0.3 is 0 Å². The Kier molecular flexibility index (Phi) is 6.57. The largest absolute Gasteiger partial charge is 0.480 e. The molecule has 0 amide bonds. The average Bonchev–Trinajstić information content (AvgIpc) is 3.33. The Bertz CT molecular complexity index is 1170. The zero-order valence-corrected chi connectivity index (χ0v) is 19.8. The Hall–Kier alpha value is -3.27. The standard InChI is InChI=1S/C24H32N8O2/c1-17(32-16-22(28-29-32)21-13-25-14-23(27-21)34-2)31-10-8-20(11-24(31)33)30-9-4-7-19(15-30)26-12-18-5-3-6-18/h8,10-11,13-14,16-19,26H,3-7,9,12,15H2,1-2H3/t17?,19-/m1/s1. The van der Waals surface area contributed by atoms with Crippen LogP contribution in [0, 0.1) is 5.92 Å². The van der Waals surface area contributed by atoms with Crippen molar-refractivity contribution in [3.8, 4) is 17.3 Å². The Morgan fingerprint density at radius 1 is 1.21 bits per heavy atom. The normalized spacial score (nSPS) is 19.6. The fourth-order valence-electron chi connectivity index (χ4n) is 4.67. The molecule has 1 saturated heterocycles. The molecule has 180 valence electrons. The maximum atomic E-state index is 13.0. The number of nitrogens with zero attached hydrogens (tertiary/aromatic N) is 7. The van der Waals surface area contributed by atoms with E-state index in [0.717, 1.165) is 37.7 Å². The van der Waals surface area contributed by atoms with Gasteiger partial charge in [-0.1, -0.05) is 11.6 Å². The molecule has 2 aliphatic rings. The van der Waals surface area contributed by atoms with Crippen molar-refractivity contribution in [2.45, 2.75) is 51.2 Å². The lowest BCUT2D eigenvalue weighted by Gasteiger charge is -2.36. The number of anilines is 1. The molecule has 3 aromatic rings. The van der Waals surface area contributed by atoms with Gasteiger partial charge in [-0.05, 0) is 51.1 Å². The third-order valence-corrected chi connectivity index (χ3v) is 7.02. The van der Waals surface area contributed by atoms with Crippen molar-refractivity contribution >= 4 is 5.69 Å². The molecular weight excluding hydrogens is 432 g/mol. The van der Waals surface area contributed by atoms with Crippen molar-refractivity contribution < 1.29 is 4.74 Å². The monoisotopic (exact) mass is 464 g/mol. The fraction of sp³-hybridized carbons (Fsp3) is 0.542. The number of ether oxygens (including phenoxy) is 1. The maximum absolute atomic E-state index is 13.0. The van der Waals surface area contributed by atoms with Crippen LogP contribution in [0.4, 0.5) is 5.69 Å². The molecule has 10 nitrogen and oxygen atoms in total. The van der Waals surface area contributed by atoms with Crippen LogP contribution in [0.2, 0.25) is 0 Å². The summed E-state index contributed by atoms with van der Waals surface area (Å²) in [7, 11) is 1.54. The summed E-state index contributed by atoms with van der Waals surface area (Å²) in [5.41, 5.74) is 2.05. The number of rotatable bonds is 8. The van der Waals surface area contributed by atoms with Gasteiger partial charge in [0.2, 0.25) is 5.88 Å². The first-order valence-electron chi connectivity index (χ1n) is 12.1. The lowest BCUT2D eigenvalue weighted by Crippen LogP contribution is -2.47. The number of aromatic nitrogens is 6. The van der Waals surface area contributed by atoms with E-state index < -0.39 is 0 Å². The highest BCUT2D eigenvalue weighted by atomic mass is 16.5. The zero-order chi connectivity index (χ0) is 23.5. The van der Waals surface area contributed by atoms with Gasteiger partial charge in [-0.15, -0.1) is 5.10 Å². The van der Waals surface area contributed by atoms with E-state index in [1.165, 1.54) is 31.9 Å². The fourth-order valence-corrected chi connectivity index (χ4v) is 4.67. The number of methoxy groups -OCH3 is 1. The molecule has 0 radical (unpaired) electrons. The van der Waals surface area contributed by atoms with Crippen LogP contribution in [0.1, 0.15) is 45.2 Å². The lowest BCUT2D eigenvalue weighted by molar-refractivity contribution is 0.280. The second-order valence-corrected chi connectivity index (χ2v) is 9.28. The molecule has 1 unspecified atom stereocenters. The van der Waals surface area contributed by atoms with Crippen LogP contribution in [0.5, 0.6) is 5.88 Å². The average molecular weight is 465 g/mol. The first-order chi connectivity index (χ1) is 16.6.